The molecule has 27 heavy (non-hydrogen) atoms. The fraction of sp³-hybridized carbons (Fsp3) is 0.350. The van der Waals surface area contributed by atoms with Gasteiger partial charge in [-0.3, -0.25) is 4.79 Å². The van der Waals surface area contributed by atoms with E-state index in [0.29, 0.717) is 12.8 Å². The van der Waals surface area contributed by atoms with Crippen molar-refractivity contribution in [3.8, 4) is 0 Å². The molecule has 2 aromatic rings. The lowest BCUT2D eigenvalue weighted by atomic mass is 9.97. The molecule has 2 aromatic carbocycles. The van der Waals surface area contributed by atoms with Crippen LogP contribution in [0.5, 0.6) is 0 Å². The second-order valence-electron chi connectivity index (χ2n) is 6.83. The quantitative estimate of drug-likeness (QED) is 0.852. The maximum Gasteiger partial charge on any atom is 0.227 e. The van der Waals surface area contributed by atoms with Gasteiger partial charge in [-0.05, 0) is 37.5 Å². The Morgan fingerprint density at radius 1 is 1.11 bits per heavy atom. The number of rotatable bonds is 5. The van der Waals surface area contributed by atoms with Gasteiger partial charge in [0.15, 0.2) is 0 Å². The number of halogens is 1. The van der Waals surface area contributed by atoms with Gasteiger partial charge in [0.1, 0.15) is 5.82 Å². The van der Waals surface area contributed by atoms with E-state index < -0.39 is 15.8 Å². The fourth-order valence-electron chi connectivity index (χ4n) is 3.25. The largest absolute Gasteiger partial charge is 0.326 e. The molecule has 3 rings (SSSR count). The molecule has 0 atom stereocenters. The topological polar surface area (TPSA) is 66.5 Å². The molecule has 0 saturated carbocycles. The Kier molecular flexibility index (Phi) is 5.92. The van der Waals surface area contributed by atoms with Crippen LogP contribution in [0.15, 0.2) is 48.5 Å². The first-order valence-corrected chi connectivity index (χ1v) is 10.6. The van der Waals surface area contributed by atoms with E-state index in [1.165, 1.54) is 22.5 Å². The molecule has 1 aliphatic rings. The highest BCUT2D eigenvalue weighted by molar-refractivity contribution is 7.88. The van der Waals surface area contributed by atoms with Crippen LogP contribution in [-0.4, -0.2) is 31.7 Å². The van der Waals surface area contributed by atoms with Gasteiger partial charge in [-0.1, -0.05) is 36.4 Å². The molecule has 0 aromatic heterocycles. The van der Waals surface area contributed by atoms with E-state index in [-0.39, 0.29) is 36.2 Å². The Labute approximate surface area is 159 Å². The van der Waals surface area contributed by atoms with Crippen molar-refractivity contribution in [1.82, 2.24) is 4.31 Å². The van der Waals surface area contributed by atoms with E-state index in [0.717, 1.165) is 11.3 Å². The minimum absolute atomic E-state index is 0.0875. The average Bonchev–Trinajstić information content (AvgIpc) is 2.65. The summed E-state index contributed by atoms with van der Waals surface area (Å²) < 4.78 is 40.3. The predicted molar refractivity (Wildman–Crippen MR) is 103 cm³/mol. The zero-order chi connectivity index (χ0) is 19.4. The molecule has 0 aliphatic carbocycles. The normalized spacial score (nSPS) is 16.2. The van der Waals surface area contributed by atoms with E-state index in [9.17, 15) is 17.6 Å². The van der Waals surface area contributed by atoms with Crippen molar-refractivity contribution in [2.75, 3.05) is 18.4 Å². The minimum Gasteiger partial charge on any atom is -0.326 e. The van der Waals surface area contributed by atoms with Crippen LogP contribution >= 0.6 is 0 Å². The Morgan fingerprint density at radius 2 is 1.74 bits per heavy atom. The lowest BCUT2D eigenvalue weighted by Gasteiger charge is -2.30. The lowest BCUT2D eigenvalue weighted by molar-refractivity contribution is -0.120. The number of sulfonamides is 1. The van der Waals surface area contributed by atoms with Crippen molar-refractivity contribution in [1.29, 1.82) is 0 Å². The zero-order valence-electron chi connectivity index (χ0n) is 15.2. The number of piperidine rings is 1. The summed E-state index contributed by atoms with van der Waals surface area (Å²) in [6, 6.07) is 13.4. The van der Waals surface area contributed by atoms with Gasteiger partial charge in [0.05, 0.1) is 5.75 Å². The smallest absolute Gasteiger partial charge is 0.227 e. The summed E-state index contributed by atoms with van der Waals surface area (Å²) in [5, 5.41) is 2.92. The average molecular weight is 390 g/mol. The molecule has 5 nitrogen and oxygen atoms in total. The van der Waals surface area contributed by atoms with Crippen molar-refractivity contribution in [3.63, 3.8) is 0 Å². The second-order valence-corrected chi connectivity index (χ2v) is 8.79. The number of hydrogen-bond acceptors (Lipinski definition) is 3. The van der Waals surface area contributed by atoms with E-state index in [4.69, 9.17) is 0 Å². The lowest BCUT2D eigenvalue weighted by Crippen LogP contribution is -2.42. The molecule has 1 amide bonds. The number of aryl methyl sites for hydroxylation is 1. The summed E-state index contributed by atoms with van der Waals surface area (Å²) in [5.74, 6) is -1.20. The highest BCUT2D eigenvalue weighted by Crippen LogP contribution is 2.24. The Morgan fingerprint density at radius 3 is 2.41 bits per heavy atom. The number of nitrogens with zero attached hydrogens (tertiary/aromatic N) is 1. The van der Waals surface area contributed by atoms with Crippen molar-refractivity contribution in [2.45, 2.75) is 25.5 Å². The summed E-state index contributed by atoms with van der Waals surface area (Å²) in [5.41, 5.74) is 1.92. The number of hydrogen-bond donors (Lipinski definition) is 1. The van der Waals surface area contributed by atoms with Crippen molar-refractivity contribution in [2.24, 2.45) is 5.92 Å². The number of nitrogens with one attached hydrogen (secondary N) is 1. The molecule has 0 spiro atoms. The molecule has 1 saturated heterocycles. The van der Waals surface area contributed by atoms with Crippen LogP contribution in [0, 0.1) is 18.7 Å². The standard InChI is InChI=1S/C20H23FN2O3S/c1-15-6-2-5-9-19(15)22-20(24)16-10-12-23(13-11-16)27(25,26)14-17-7-3-4-8-18(17)21/h2-9,16H,10-14H2,1H3,(H,22,24). The molecule has 1 heterocycles. The van der Waals surface area contributed by atoms with Gasteiger partial charge in [0, 0.05) is 30.3 Å². The third-order valence-corrected chi connectivity index (χ3v) is 6.74. The van der Waals surface area contributed by atoms with Crippen molar-refractivity contribution in [3.05, 3.63) is 65.5 Å². The highest BCUT2D eigenvalue weighted by atomic mass is 32.2. The third-order valence-electron chi connectivity index (χ3n) is 4.92. The van der Waals surface area contributed by atoms with Crippen LogP contribution < -0.4 is 5.32 Å². The SMILES string of the molecule is Cc1ccccc1NC(=O)C1CCN(S(=O)(=O)Cc2ccccc2F)CC1. The van der Waals surface area contributed by atoms with E-state index in [2.05, 4.69) is 5.32 Å². The van der Waals surface area contributed by atoms with Gasteiger partial charge in [-0.2, -0.15) is 0 Å². The maximum atomic E-state index is 13.8. The van der Waals surface area contributed by atoms with Crippen LogP contribution in [0.2, 0.25) is 0 Å². The molecule has 0 unspecified atom stereocenters. The van der Waals surface area contributed by atoms with E-state index in [1.54, 1.807) is 6.07 Å². The van der Waals surface area contributed by atoms with Gasteiger partial charge < -0.3 is 5.32 Å². The Hall–Kier alpha value is -2.25. The molecule has 1 aliphatic heterocycles. The zero-order valence-corrected chi connectivity index (χ0v) is 16.0. The number of anilines is 1. The monoisotopic (exact) mass is 390 g/mol. The third kappa shape index (κ3) is 4.73. The van der Waals surface area contributed by atoms with Crippen LogP contribution in [0.4, 0.5) is 10.1 Å². The summed E-state index contributed by atoms with van der Waals surface area (Å²) in [6.07, 6.45) is 0.905. The minimum atomic E-state index is -3.61. The number of carbonyl (C=O) groups is 1. The molecule has 144 valence electrons. The number of benzene rings is 2. The highest BCUT2D eigenvalue weighted by Gasteiger charge is 2.31. The van der Waals surface area contributed by atoms with Crippen molar-refractivity contribution >= 4 is 21.6 Å². The molecule has 1 fully saturated rings. The summed E-state index contributed by atoms with van der Waals surface area (Å²) >= 11 is 0. The van der Waals surface area contributed by atoms with E-state index in [1.807, 2.05) is 31.2 Å². The van der Waals surface area contributed by atoms with Gasteiger partial charge in [0.2, 0.25) is 15.9 Å². The van der Waals surface area contributed by atoms with Crippen LogP contribution in [0.3, 0.4) is 0 Å². The molecular weight excluding hydrogens is 367 g/mol. The predicted octanol–water partition coefficient (Wildman–Crippen LogP) is 3.31. The van der Waals surface area contributed by atoms with Crippen LogP contribution in [0.25, 0.3) is 0 Å². The van der Waals surface area contributed by atoms with Crippen LogP contribution in [0.1, 0.15) is 24.0 Å². The number of amides is 1. The molecule has 1 N–H and O–H groups in total. The summed E-state index contributed by atoms with van der Waals surface area (Å²) in [6.45, 7) is 2.46. The Balaban J connectivity index is 1.59. The maximum absolute atomic E-state index is 13.8. The molecule has 0 radical (unpaired) electrons. The summed E-state index contributed by atoms with van der Waals surface area (Å²) in [4.78, 5) is 12.5. The van der Waals surface area contributed by atoms with E-state index >= 15 is 0 Å². The Bertz CT molecular complexity index is 922. The summed E-state index contributed by atoms with van der Waals surface area (Å²) in [7, 11) is -3.61. The number of para-hydroxylation sites is 1. The van der Waals surface area contributed by atoms with Gasteiger partial charge in [-0.15, -0.1) is 0 Å². The fourth-order valence-corrected chi connectivity index (χ4v) is 4.82. The molecule has 0 bridgehead atoms. The van der Waals surface area contributed by atoms with Crippen LogP contribution in [-0.2, 0) is 20.6 Å². The first kappa shape index (κ1) is 19.5. The van der Waals surface area contributed by atoms with Gasteiger partial charge in [-0.25, -0.2) is 17.1 Å². The van der Waals surface area contributed by atoms with Crippen molar-refractivity contribution < 1.29 is 17.6 Å². The first-order valence-electron chi connectivity index (χ1n) is 8.94. The van der Waals surface area contributed by atoms with Gasteiger partial charge in [0.25, 0.3) is 0 Å². The first-order chi connectivity index (χ1) is 12.9. The van der Waals surface area contributed by atoms with Gasteiger partial charge >= 0.3 is 0 Å². The number of carbonyl (C=O) groups excluding carboxylic acids is 1. The second kappa shape index (κ2) is 8.19. The molecular formula is C20H23FN2O3S. The molecule has 7 heteroatoms.